The second kappa shape index (κ2) is 33.2. The normalized spacial score (nSPS) is 18.8. The van der Waals surface area contributed by atoms with Crippen LogP contribution in [0.15, 0.2) is 521 Å². The molecule has 0 radical (unpaired) electrons. The molecular formula is C138H84O3. The van der Waals surface area contributed by atoms with Crippen LogP contribution in [0, 0.1) is 0 Å². The quantitative estimate of drug-likeness (QED) is 0.135. The average Bonchev–Trinajstić information content (AvgIpc) is 1.66. The van der Waals surface area contributed by atoms with E-state index in [-0.39, 0.29) is 43.4 Å². The first-order chi connectivity index (χ1) is 99.1. The van der Waals surface area contributed by atoms with Gasteiger partial charge in [-0.1, -0.05) is 435 Å². The molecule has 0 unspecified atom stereocenters. The molecule has 0 N–H and O–H groups in total. The number of hydrogen-bond donors (Lipinski definition) is 0. The van der Waals surface area contributed by atoms with E-state index < -0.39 is 625 Å². The fourth-order valence-corrected chi connectivity index (χ4v) is 18.4. The van der Waals surface area contributed by atoms with Gasteiger partial charge in [0, 0.05) is 32.3 Å². The molecule has 0 aliphatic carbocycles. The zero-order chi connectivity index (χ0) is 154. The van der Waals surface area contributed by atoms with E-state index in [9.17, 15) is 37.0 Å². The molecule has 0 saturated carbocycles. The number of furan rings is 3. The van der Waals surface area contributed by atoms with Gasteiger partial charge in [-0.15, -0.1) is 0 Å². The number of benzene rings is 27. The molecule has 0 aliphatic heterocycles. The Bertz CT molecular complexity index is 14800. The van der Waals surface area contributed by atoms with Gasteiger partial charge in [-0.2, -0.15) is 0 Å². The molecule has 27 aromatic carbocycles. The zero-order valence-corrected chi connectivity index (χ0v) is 71.3. The molecule has 3 heterocycles. The monoisotopic (exact) mass is 1860 g/mol. The maximum absolute atomic E-state index is 9.99. The fraction of sp³-hybridized carbons (Fsp3) is 0. The van der Waals surface area contributed by atoms with Crippen molar-refractivity contribution in [2.45, 2.75) is 0 Å². The van der Waals surface area contributed by atoms with Crippen LogP contribution >= 0.6 is 0 Å². The summed E-state index contributed by atoms with van der Waals surface area (Å²) in [5.41, 5.74) is -9.49. The third kappa shape index (κ3) is 13.4. The molecule has 0 saturated heterocycles. The predicted octanol–water partition coefficient (Wildman–Crippen LogP) is 39.6. The molecule has 3 nitrogen and oxygen atoms in total. The third-order valence-corrected chi connectivity index (χ3v) is 24.3. The Morgan fingerprint density at radius 1 is 0.135 bits per heavy atom. The highest BCUT2D eigenvalue weighted by Crippen LogP contribution is 2.54. The van der Waals surface area contributed by atoms with Crippen LogP contribution in [-0.2, 0) is 0 Å². The van der Waals surface area contributed by atoms with Crippen LogP contribution in [0.2, 0.25) is 0 Å². The highest BCUT2D eigenvalue weighted by atomic mass is 16.3. The summed E-state index contributed by atoms with van der Waals surface area (Å²) in [5.74, 6) is 0. The average molecular weight is 1860 g/mol. The smallest absolute Gasteiger partial charge is 0.136 e. The van der Waals surface area contributed by atoms with Crippen LogP contribution in [0.1, 0.15) is 96.0 Å². The molecule has 30 aromatic rings. The summed E-state index contributed by atoms with van der Waals surface area (Å²) < 4.78 is 650. The Balaban J connectivity index is 0.000000140. The van der Waals surface area contributed by atoms with Gasteiger partial charge in [0.25, 0.3) is 0 Å². The van der Waals surface area contributed by atoms with Crippen LogP contribution in [0.3, 0.4) is 0 Å². The molecule has 30 rings (SSSR count). The lowest BCUT2D eigenvalue weighted by Crippen LogP contribution is -1.93. The van der Waals surface area contributed by atoms with Gasteiger partial charge in [0.05, 0.1) is 96.0 Å². The van der Waals surface area contributed by atoms with Crippen molar-refractivity contribution < 1.29 is 109 Å². The number of hydrogen-bond acceptors (Lipinski definition) is 3. The van der Waals surface area contributed by atoms with Crippen molar-refractivity contribution in [3.8, 4) is 100 Å². The predicted molar refractivity (Wildman–Crippen MR) is 600 cm³/mol. The van der Waals surface area contributed by atoms with E-state index in [0.717, 1.165) is 27.6 Å². The lowest BCUT2D eigenvalue weighted by Gasteiger charge is -2.20. The van der Waals surface area contributed by atoms with Gasteiger partial charge >= 0.3 is 0 Å². The molecule has 0 fully saturated rings. The van der Waals surface area contributed by atoms with E-state index in [1.54, 1.807) is 24.3 Å². The minimum atomic E-state index is -1.11. The summed E-state index contributed by atoms with van der Waals surface area (Å²) in [6, 6.07) is -34.9. The number of rotatable bonds is 9. The van der Waals surface area contributed by atoms with Gasteiger partial charge in [0.1, 0.15) is 33.5 Å². The first-order valence-corrected chi connectivity index (χ1v) is 42.9. The van der Waals surface area contributed by atoms with Crippen LogP contribution in [-0.4, -0.2) is 0 Å². The van der Waals surface area contributed by atoms with Gasteiger partial charge in [0.2, 0.25) is 0 Å². The summed E-state index contributed by atoms with van der Waals surface area (Å²) in [4.78, 5) is 0. The molecule has 0 atom stereocenters. The van der Waals surface area contributed by atoms with E-state index in [4.69, 9.17) is 72.2 Å². The van der Waals surface area contributed by atoms with Gasteiger partial charge in [-0.05, 0) is 302 Å². The minimum Gasteiger partial charge on any atom is -0.456 e. The molecule has 0 aliphatic rings. The van der Waals surface area contributed by atoms with Gasteiger partial charge in [0.15, 0.2) is 0 Å². The Morgan fingerprint density at radius 3 is 1.00 bits per heavy atom. The van der Waals surface area contributed by atoms with Crippen LogP contribution in [0.4, 0.5) is 0 Å². The summed E-state index contributed by atoms with van der Waals surface area (Å²) in [6.45, 7) is 0. The Morgan fingerprint density at radius 2 is 0.475 bits per heavy atom. The fourth-order valence-electron chi connectivity index (χ4n) is 18.4. The Kier molecular flexibility index (Phi) is 8.83. The lowest BCUT2D eigenvalue weighted by atomic mass is 9.82. The maximum Gasteiger partial charge on any atom is 0.136 e. The van der Waals surface area contributed by atoms with Crippen molar-refractivity contribution >= 4 is 195 Å². The summed E-state index contributed by atoms with van der Waals surface area (Å²) in [5, 5.41) is -10.8. The van der Waals surface area contributed by atoms with Crippen molar-refractivity contribution in [2.24, 2.45) is 0 Å². The first kappa shape index (κ1) is 37.5. The van der Waals surface area contributed by atoms with E-state index in [1.165, 1.54) is 0 Å². The van der Waals surface area contributed by atoms with E-state index in [0.29, 0.717) is 27.9 Å². The minimum absolute atomic E-state index is 0.0236. The van der Waals surface area contributed by atoms with Crippen molar-refractivity contribution in [2.75, 3.05) is 0 Å². The number of fused-ring (bicyclic) bond motifs is 21. The van der Waals surface area contributed by atoms with Crippen molar-refractivity contribution in [3.05, 3.63) is 508 Å². The summed E-state index contributed by atoms with van der Waals surface area (Å²) in [7, 11) is 0. The summed E-state index contributed by atoms with van der Waals surface area (Å²) >= 11 is 0. The van der Waals surface area contributed by atoms with Gasteiger partial charge < -0.3 is 13.3 Å². The van der Waals surface area contributed by atoms with Crippen LogP contribution in [0.5, 0.6) is 0 Å². The molecular weight excluding hydrogens is 1710 g/mol. The molecule has 141 heavy (non-hydrogen) atoms. The first-order valence-electron chi connectivity index (χ1n) is 77.9. The molecule has 0 bridgehead atoms. The van der Waals surface area contributed by atoms with E-state index in [2.05, 4.69) is 0 Å². The molecule has 0 amide bonds. The van der Waals surface area contributed by atoms with Crippen molar-refractivity contribution in [1.29, 1.82) is 0 Å². The second-order valence-electron chi connectivity index (χ2n) is 31.9. The third-order valence-electron chi connectivity index (χ3n) is 24.3. The molecule has 0 spiro atoms. The standard InChI is InChI=1S/3C46H28O/c1-2-12-30-25-35(24-23-29(30)11-1)45-39-19-7-5-17-37(39)44(38-18-6-8-20-40(38)45)34-16-9-15-33(26-34)36-21-10-22-42-46(36)41-27-31-13-3-4-14-32(31)28-43(41)47-42;1-2-15-31-28-43-41(27-30(31)14-1)46-36(25-12-26-42(46)47-43)33-18-5-6-19-35(33)45-39-22-9-7-20-37(39)44(38-21-8-10-23-40(38)45)34-24-11-16-29-13-3-4-17-32(29)34;1-2-13-30-26-33(25-24-29(30)12-1)44-37-18-7-9-20-39(37)45(40-21-10-8-19-38(40)44)35-17-6-5-16-34(35)36-22-11-23-42-46(36)41-27-31-14-3-4-15-32(31)28-43(41)47-42/h3*1-28H/i1D,2D,3D,4D,5D,6D,7D,8D,9D,10D,11D,12D,13D,14D,15D,16D,17D,18D,19D,20D,22D,23D,24D,25D,26D,27D,28D;1D,2D,3D,4D,5D,6D,7D,8D,9D,10D,11D,12D,13D,14D,15D,16D,17D,18D,19D,20D,21D,22D,23D,24D,25D,26D,27D,28D;1D,2D,7D,8D,9D,10D,12D,13D,18D,19D,20D,21D,24D,25D,26D. The highest BCUT2D eigenvalue weighted by molar-refractivity contribution is 6.29. The van der Waals surface area contributed by atoms with Gasteiger partial charge in [-0.25, -0.2) is 0 Å². The highest BCUT2D eigenvalue weighted by Gasteiger charge is 2.27. The summed E-state index contributed by atoms with van der Waals surface area (Å²) in [6.07, 6.45) is 0. The largest absolute Gasteiger partial charge is 0.456 e. The Labute approximate surface area is 910 Å². The van der Waals surface area contributed by atoms with Crippen LogP contribution < -0.4 is 0 Å². The van der Waals surface area contributed by atoms with E-state index >= 15 is 0 Å². The van der Waals surface area contributed by atoms with Crippen molar-refractivity contribution in [1.82, 2.24) is 0 Å². The molecule has 3 aromatic heterocycles. The second-order valence-corrected chi connectivity index (χ2v) is 31.9. The molecule has 3 heteroatoms. The maximum atomic E-state index is 9.99. The SMILES string of the molecule is [2H]c1c([2H])c([2H])c(-c2c([2H])c([2H])c([2H])c3oc4c([2H])c5c([2H])c([2H])c([2H])c([2H])c5c([2H])c4c23)c(-c2c3c([2H])c([2H])c([2H])c([2H])c3c(-c3c([2H])c([2H])c([2H])c4c([2H])c([2H])c([2H])c([2H])c34)c3c([2H])c([2H])c([2H])c([2H])c23)c1[2H].[2H]c1c([2H])c([2H])c2c([2H])c(-c3c4c([2H])c([2H])c([2H])c([2H])c4c(-c4ccccc4-c4cccc5oc6cc7ccccc7cc6c45)c4c([2H])c([2H])c([2H])c([2H])c34)c([2H])c([2H])c2c1[2H].[2H]c1cc(-c2c([2H])c([2H])c([2H])c(-c3c4c([2H])c([2H])c([2H])c([2H])c4c(-c4c([2H])c([2H])c5c([2H])c([2H])c([2H])c([2H])c5c4[2H])c4c([2H])c([2H])c([2H])c([2H])c34)c2[2H])c2c(oc3c([2H])c4c([2H])c([2H])c([2H])c([2H])c4c([2H])c32)c1[2H]. The van der Waals surface area contributed by atoms with Crippen molar-refractivity contribution in [3.63, 3.8) is 0 Å². The van der Waals surface area contributed by atoms with Gasteiger partial charge in [-0.3, -0.25) is 0 Å². The zero-order valence-electron chi connectivity index (χ0n) is 141. The van der Waals surface area contributed by atoms with Crippen LogP contribution in [0.25, 0.3) is 295 Å². The molecule has 654 valence electrons. The topological polar surface area (TPSA) is 39.4 Å². The lowest BCUT2D eigenvalue weighted by molar-refractivity contribution is 0.669. The Hall–Kier alpha value is -18.5. The van der Waals surface area contributed by atoms with E-state index in [1.807, 2.05) is 54.6 Å².